The first-order valence-electron chi connectivity index (χ1n) is 8.29. The van der Waals surface area contributed by atoms with Crippen molar-refractivity contribution < 1.29 is 22.7 Å². The lowest BCUT2D eigenvalue weighted by atomic mass is 10.2. The van der Waals surface area contributed by atoms with Crippen LogP contribution < -0.4 is 9.46 Å². The molecule has 0 radical (unpaired) electrons. The van der Waals surface area contributed by atoms with Crippen molar-refractivity contribution in [2.75, 3.05) is 20.3 Å². The third-order valence-electron chi connectivity index (χ3n) is 3.48. The van der Waals surface area contributed by atoms with Gasteiger partial charge in [0.2, 0.25) is 10.0 Å². The van der Waals surface area contributed by atoms with Gasteiger partial charge < -0.3 is 9.47 Å². The van der Waals surface area contributed by atoms with Crippen LogP contribution in [-0.4, -0.2) is 34.6 Å². The van der Waals surface area contributed by atoms with Crippen LogP contribution in [-0.2, 0) is 19.6 Å². The second kappa shape index (κ2) is 11.0. The summed E-state index contributed by atoms with van der Waals surface area (Å²) in [4.78, 5) is 11.2. The topological polar surface area (TPSA) is 81.7 Å². The van der Waals surface area contributed by atoms with Gasteiger partial charge in [-0.25, -0.2) is 13.1 Å². The SMILES string of the molecule is CCCCOc1ccc(S(=O)(=O)NCCCCCC(=O)OC)cc1. The van der Waals surface area contributed by atoms with Gasteiger partial charge in [0.25, 0.3) is 0 Å². The van der Waals surface area contributed by atoms with E-state index in [-0.39, 0.29) is 10.9 Å². The Labute approximate surface area is 144 Å². The number of benzene rings is 1. The molecule has 0 bridgehead atoms. The Morgan fingerprint density at radius 2 is 1.79 bits per heavy atom. The van der Waals surface area contributed by atoms with Crippen LogP contribution in [0.25, 0.3) is 0 Å². The van der Waals surface area contributed by atoms with Crippen LogP contribution in [0.5, 0.6) is 5.75 Å². The fraction of sp³-hybridized carbons (Fsp3) is 0.588. The van der Waals surface area contributed by atoms with E-state index < -0.39 is 10.0 Å². The summed E-state index contributed by atoms with van der Waals surface area (Å²) in [5.74, 6) is 0.432. The second-order valence-electron chi connectivity index (χ2n) is 5.46. The highest BCUT2D eigenvalue weighted by Crippen LogP contribution is 2.16. The molecule has 1 aromatic carbocycles. The first kappa shape index (κ1) is 20.4. The molecule has 136 valence electrons. The van der Waals surface area contributed by atoms with Gasteiger partial charge in [-0.2, -0.15) is 0 Å². The number of nitrogens with one attached hydrogen (secondary N) is 1. The largest absolute Gasteiger partial charge is 0.494 e. The van der Waals surface area contributed by atoms with E-state index in [9.17, 15) is 13.2 Å². The highest BCUT2D eigenvalue weighted by molar-refractivity contribution is 7.89. The van der Waals surface area contributed by atoms with Crippen LogP contribution in [0, 0.1) is 0 Å². The third kappa shape index (κ3) is 7.79. The van der Waals surface area contributed by atoms with Gasteiger partial charge in [0.1, 0.15) is 5.75 Å². The summed E-state index contributed by atoms with van der Waals surface area (Å²) in [5.41, 5.74) is 0. The van der Waals surface area contributed by atoms with Crippen LogP contribution in [0.15, 0.2) is 29.2 Å². The van der Waals surface area contributed by atoms with Crippen LogP contribution in [0.1, 0.15) is 45.4 Å². The van der Waals surface area contributed by atoms with Crippen molar-refractivity contribution in [3.8, 4) is 5.75 Å². The lowest BCUT2D eigenvalue weighted by Gasteiger charge is -2.08. The zero-order valence-electron chi connectivity index (χ0n) is 14.4. The van der Waals surface area contributed by atoms with Gasteiger partial charge in [-0.1, -0.05) is 19.8 Å². The minimum Gasteiger partial charge on any atom is -0.494 e. The van der Waals surface area contributed by atoms with Gasteiger partial charge >= 0.3 is 5.97 Å². The van der Waals surface area contributed by atoms with Gasteiger partial charge in [-0.15, -0.1) is 0 Å². The molecule has 1 N–H and O–H groups in total. The van der Waals surface area contributed by atoms with Crippen LogP contribution in [0.4, 0.5) is 0 Å². The Kier molecular flexibility index (Phi) is 9.41. The predicted octanol–water partition coefficient (Wildman–Crippen LogP) is 2.88. The minimum atomic E-state index is -3.51. The zero-order valence-corrected chi connectivity index (χ0v) is 15.2. The number of esters is 1. The van der Waals surface area contributed by atoms with Crippen molar-refractivity contribution in [2.45, 2.75) is 50.3 Å². The molecule has 1 rings (SSSR count). The number of sulfonamides is 1. The molecular formula is C17H27NO5S. The van der Waals surface area contributed by atoms with Crippen molar-refractivity contribution >= 4 is 16.0 Å². The summed E-state index contributed by atoms with van der Waals surface area (Å²) >= 11 is 0. The molecule has 0 fully saturated rings. The molecule has 0 amide bonds. The van der Waals surface area contributed by atoms with E-state index in [0.717, 1.165) is 19.3 Å². The predicted molar refractivity (Wildman–Crippen MR) is 92.5 cm³/mol. The molecule has 6 nitrogen and oxygen atoms in total. The number of carbonyl (C=O) groups is 1. The maximum Gasteiger partial charge on any atom is 0.305 e. The van der Waals surface area contributed by atoms with Gasteiger partial charge in [0, 0.05) is 13.0 Å². The first-order chi connectivity index (χ1) is 11.5. The van der Waals surface area contributed by atoms with E-state index in [1.54, 1.807) is 24.3 Å². The van der Waals surface area contributed by atoms with E-state index in [0.29, 0.717) is 38.2 Å². The van der Waals surface area contributed by atoms with E-state index in [2.05, 4.69) is 16.4 Å². The van der Waals surface area contributed by atoms with E-state index >= 15 is 0 Å². The molecule has 0 unspecified atom stereocenters. The van der Waals surface area contributed by atoms with E-state index in [1.165, 1.54) is 7.11 Å². The number of ether oxygens (including phenoxy) is 2. The smallest absolute Gasteiger partial charge is 0.305 e. The highest BCUT2D eigenvalue weighted by Gasteiger charge is 2.13. The molecule has 24 heavy (non-hydrogen) atoms. The quantitative estimate of drug-likeness (QED) is 0.459. The Balaban J connectivity index is 2.35. The normalized spacial score (nSPS) is 11.2. The molecule has 0 saturated heterocycles. The summed E-state index contributed by atoms with van der Waals surface area (Å²) in [6.07, 6.45) is 4.52. The second-order valence-corrected chi connectivity index (χ2v) is 7.22. The summed E-state index contributed by atoms with van der Waals surface area (Å²) < 4.78 is 37.0. The molecule has 0 aromatic heterocycles. The Morgan fingerprint density at radius 1 is 1.08 bits per heavy atom. The summed E-state index contributed by atoms with van der Waals surface area (Å²) in [6, 6.07) is 6.42. The van der Waals surface area contributed by atoms with Gasteiger partial charge in [-0.05, 0) is 43.5 Å². The highest BCUT2D eigenvalue weighted by atomic mass is 32.2. The number of carbonyl (C=O) groups excluding carboxylic acids is 1. The molecule has 1 aromatic rings. The van der Waals surface area contributed by atoms with Crippen LogP contribution in [0.2, 0.25) is 0 Å². The van der Waals surface area contributed by atoms with Crippen molar-refractivity contribution in [1.29, 1.82) is 0 Å². The van der Waals surface area contributed by atoms with Crippen molar-refractivity contribution in [3.05, 3.63) is 24.3 Å². The molecule has 0 saturated carbocycles. The molecule has 0 atom stereocenters. The lowest BCUT2D eigenvalue weighted by Crippen LogP contribution is -2.24. The summed E-state index contributed by atoms with van der Waals surface area (Å²) in [6.45, 7) is 3.06. The Morgan fingerprint density at radius 3 is 2.42 bits per heavy atom. The maximum absolute atomic E-state index is 12.2. The fourth-order valence-electron chi connectivity index (χ4n) is 2.01. The van der Waals surface area contributed by atoms with Crippen molar-refractivity contribution in [2.24, 2.45) is 0 Å². The van der Waals surface area contributed by atoms with Gasteiger partial charge in [-0.3, -0.25) is 4.79 Å². The third-order valence-corrected chi connectivity index (χ3v) is 4.96. The fourth-order valence-corrected chi connectivity index (χ4v) is 3.09. The molecule has 0 aliphatic heterocycles. The molecule has 0 aliphatic carbocycles. The maximum atomic E-state index is 12.2. The Bertz CT molecular complexity index is 584. The van der Waals surface area contributed by atoms with E-state index in [4.69, 9.17) is 4.74 Å². The van der Waals surface area contributed by atoms with Gasteiger partial charge in [0.05, 0.1) is 18.6 Å². The van der Waals surface area contributed by atoms with Crippen LogP contribution in [0.3, 0.4) is 0 Å². The zero-order chi connectivity index (χ0) is 17.8. The van der Waals surface area contributed by atoms with E-state index in [1.807, 2.05) is 0 Å². The monoisotopic (exact) mass is 357 g/mol. The number of hydrogen-bond donors (Lipinski definition) is 1. The van der Waals surface area contributed by atoms with Gasteiger partial charge in [0.15, 0.2) is 0 Å². The molecule has 7 heteroatoms. The molecule has 0 aliphatic rings. The first-order valence-corrected chi connectivity index (χ1v) is 9.77. The molecule has 0 heterocycles. The van der Waals surface area contributed by atoms with Crippen molar-refractivity contribution in [1.82, 2.24) is 4.72 Å². The number of methoxy groups -OCH3 is 1. The summed E-state index contributed by atoms with van der Waals surface area (Å²) in [7, 11) is -2.15. The number of rotatable bonds is 12. The minimum absolute atomic E-state index is 0.222. The average Bonchev–Trinajstić information content (AvgIpc) is 2.58. The number of hydrogen-bond acceptors (Lipinski definition) is 5. The lowest BCUT2D eigenvalue weighted by molar-refractivity contribution is -0.140. The summed E-state index contributed by atoms with van der Waals surface area (Å²) in [5, 5.41) is 0. The van der Waals surface area contributed by atoms with Crippen LogP contribution >= 0.6 is 0 Å². The van der Waals surface area contributed by atoms with Crippen molar-refractivity contribution in [3.63, 3.8) is 0 Å². The average molecular weight is 357 g/mol. The standard InChI is InChI=1S/C17H27NO5S/c1-3-4-14-23-15-9-11-16(12-10-15)24(20,21)18-13-7-5-6-8-17(19)22-2/h9-12,18H,3-8,13-14H2,1-2H3. The number of unbranched alkanes of at least 4 members (excludes halogenated alkanes) is 3. The Hall–Kier alpha value is -1.60. The molecule has 0 spiro atoms. The molecular weight excluding hydrogens is 330 g/mol.